The van der Waals surface area contributed by atoms with Crippen molar-refractivity contribution in [2.45, 2.75) is 0 Å². The maximum Gasteiger partial charge on any atom is 0.217 e. The van der Waals surface area contributed by atoms with Crippen LogP contribution in [-0.2, 0) is 0 Å². The monoisotopic (exact) mass is 256 g/mol. The van der Waals surface area contributed by atoms with E-state index in [1.807, 2.05) is 6.21 Å². The van der Waals surface area contributed by atoms with Crippen molar-refractivity contribution in [3.05, 3.63) is 0 Å². The van der Waals surface area contributed by atoms with Gasteiger partial charge in [0.1, 0.15) is 0 Å². The van der Waals surface area contributed by atoms with Crippen molar-refractivity contribution in [1.82, 2.24) is 0 Å². The van der Waals surface area contributed by atoms with Crippen molar-refractivity contribution in [3.63, 3.8) is 0 Å². The van der Waals surface area contributed by atoms with Crippen LogP contribution >= 0.6 is 34.2 Å². The summed E-state index contributed by atoms with van der Waals surface area (Å²) in [6, 6.07) is 0. The number of aliphatic imine (C=N–C) groups is 2. The smallest absolute Gasteiger partial charge is 0.217 e. The summed E-state index contributed by atoms with van der Waals surface area (Å²) in [7, 11) is 0. The minimum absolute atomic E-state index is 0.385. The largest absolute Gasteiger partial charge is 0.256 e. The fourth-order valence-corrected chi connectivity index (χ4v) is 1.17. The third-order valence-electron chi connectivity index (χ3n) is 1.05. The molecule has 0 aromatic carbocycles. The van der Waals surface area contributed by atoms with E-state index in [9.17, 15) is 0 Å². The lowest BCUT2D eigenvalue weighted by molar-refractivity contribution is 0.814. The van der Waals surface area contributed by atoms with Crippen molar-refractivity contribution in [2.75, 3.05) is 11.0 Å². The number of amidine groups is 1. The summed E-state index contributed by atoms with van der Waals surface area (Å²) in [6.07, 6.45) is 1.86. The zero-order valence-corrected chi connectivity index (χ0v) is 7.63. The van der Waals surface area contributed by atoms with Gasteiger partial charge in [-0.2, -0.15) is 0 Å². The third-order valence-corrected chi connectivity index (χ3v) is 2.39. The standard InChI is InChI=1S/C5H6ClIN2/c6-5-8-2-4(1-7)3-9-5/h2,4H,1,3H2. The first-order valence-electron chi connectivity index (χ1n) is 2.63. The number of alkyl halides is 1. The summed E-state index contributed by atoms with van der Waals surface area (Å²) < 4.78 is 1.06. The Hall–Kier alpha value is 0.360. The second-order valence-electron chi connectivity index (χ2n) is 1.80. The maximum atomic E-state index is 5.49. The summed E-state index contributed by atoms with van der Waals surface area (Å²) in [6.45, 7) is 0.797. The van der Waals surface area contributed by atoms with Crippen LogP contribution in [-0.4, -0.2) is 22.5 Å². The van der Waals surface area contributed by atoms with Gasteiger partial charge in [0.15, 0.2) is 0 Å². The lowest BCUT2D eigenvalue weighted by Crippen LogP contribution is -2.13. The summed E-state index contributed by atoms with van der Waals surface area (Å²) in [4.78, 5) is 7.83. The van der Waals surface area contributed by atoms with Crippen molar-refractivity contribution in [2.24, 2.45) is 15.9 Å². The molecular formula is C5H6ClIN2. The van der Waals surface area contributed by atoms with E-state index in [1.54, 1.807) is 0 Å². The van der Waals surface area contributed by atoms with Gasteiger partial charge in [0.25, 0.3) is 0 Å². The minimum atomic E-state index is 0.385. The number of hydrogen-bond acceptors (Lipinski definition) is 2. The Labute approximate surface area is 72.5 Å². The Morgan fingerprint density at radius 3 is 3.11 bits per heavy atom. The quantitative estimate of drug-likeness (QED) is 0.388. The van der Waals surface area contributed by atoms with Crippen LogP contribution in [0.5, 0.6) is 0 Å². The second kappa shape index (κ2) is 3.51. The number of halogens is 2. The van der Waals surface area contributed by atoms with E-state index in [4.69, 9.17) is 11.6 Å². The van der Waals surface area contributed by atoms with Gasteiger partial charge < -0.3 is 0 Å². The average Bonchev–Trinajstić information content (AvgIpc) is 1.90. The molecule has 0 aromatic rings. The zero-order chi connectivity index (χ0) is 6.69. The number of hydrogen-bond donors (Lipinski definition) is 0. The van der Waals surface area contributed by atoms with Crippen LogP contribution in [0.2, 0.25) is 0 Å². The molecule has 1 unspecified atom stereocenters. The summed E-state index contributed by atoms with van der Waals surface area (Å²) in [5.41, 5.74) is 0. The highest BCUT2D eigenvalue weighted by molar-refractivity contribution is 14.1. The Balaban J connectivity index is 2.48. The first-order valence-corrected chi connectivity index (χ1v) is 4.53. The van der Waals surface area contributed by atoms with Crippen molar-refractivity contribution in [1.29, 1.82) is 0 Å². The molecule has 0 amide bonds. The molecule has 0 radical (unpaired) electrons. The Bertz CT molecular complexity index is 155. The van der Waals surface area contributed by atoms with Crippen LogP contribution in [0.4, 0.5) is 0 Å². The third kappa shape index (κ3) is 2.21. The first-order chi connectivity index (χ1) is 4.33. The maximum absolute atomic E-state index is 5.49. The van der Waals surface area contributed by atoms with Crippen LogP contribution in [0.25, 0.3) is 0 Å². The van der Waals surface area contributed by atoms with Crippen LogP contribution in [0.3, 0.4) is 0 Å². The lowest BCUT2D eigenvalue weighted by Gasteiger charge is -2.07. The van der Waals surface area contributed by atoms with E-state index in [0.29, 0.717) is 11.2 Å². The van der Waals surface area contributed by atoms with Crippen LogP contribution in [0, 0.1) is 5.92 Å². The first kappa shape index (κ1) is 7.47. The predicted molar refractivity (Wildman–Crippen MR) is 49.0 cm³/mol. The fourth-order valence-electron chi connectivity index (χ4n) is 0.536. The molecule has 1 aliphatic rings. The summed E-state index contributed by atoms with van der Waals surface area (Å²) >= 11 is 7.80. The van der Waals surface area contributed by atoms with Crippen molar-refractivity contribution >= 4 is 45.7 Å². The molecule has 0 saturated carbocycles. The second-order valence-corrected chi connectivity index (χ2v) is 3.02. The van der Waals surface area contributed by atoms with Gasteiger partial charge in [0, 0.05) is 16.6 Å². The Morgan fingerprint density at radius 1 is 1.89 bits per heavy atom. The highest BCUT2D eigenvalue weighted by Crippen LogP contribution is 2.05. The molecule has 1 rings (SSSR count). The SMILES string of the molecule is ClC1=NCC(CI)C=N1. The fraction of sp³-hybridized carbons (Fsp3) is 0.600. The number of rotatable bonds is 1. The molecule has 1 heterocycles. The van der Waals surface area contributed by atoms with Gasteiger partial charge in [-0.3, -0.25) is 4.99 Å². The topological polar surface area (TPSA) is 24.7 Å². The van der Waals surface area contributed by atoms with Gasteiger partial charge in [0.05, 0.1) is 6.54 Å². The van der Waals surface area contributed by atoms with E-state index in [2.05, 4.69) is 32.6 Å². The zero-order valence-electron chi connectivity index (χ0n) is 4.72. The molecular weight excluding hydrogens is 250 g/mol. The molecule has 2 nitrogen and oxygen atoms in total. The molecule has 0 spiro atoms. The molecule has 4 heteroatoms. The van der Waals surface area contributed by atoms with Gasteiger partial charge in [-0.15, -0.1) is 0 Å². The lowest BCUT2D eigenvalue weighted by atomic mass is 10.2. The normalized spacial score (nSPS) is 26.0. The molecule has 0 aromatic heterocycles. The van der Waals surface area contributed by atoms with Crippen molar-refractivity contribution in [3.8, 4) is 0 Å². The van der Waals surface area contributed by atoms with Gasteiger partial charge in [0.2, 0.25) is 5.29 Å². The Kier molecular flexibility index (Phi) is 2.91. The van der Waals surface area contributed by atoms with Gasteiger partial charge in [-0.25, -0.2) is 4.99 Å². The number of nitrogens with zero attached hydrogens (tertiary/aromatic N) is 2. The van der Waals surface area contributed by atoms with E-state index >= 15 is 0 Å². The molecule has 0 bridgehead atoms. The van der Waals surface area contributed by atoms with Crippen molar-refractivity contribution < 1.29 is 0 Å². The summed E-state index contributed by atoms with van der Waals surface area (Å²) in [5, 5.41) is 0.385. The molecule has 9 heavy (non-hydrogen) atoms. The van der Waals surface area contributed by atoms with E-state index in [0.717, 1.165) is 11.0 Å². The minimum Gasteiger partial charge on any atom is -0.256 e. The predicted octanol–water partition coefficient (Wildman–Crippen LogP) is 1.72. The highest BCUT2D eigenvalue weighted by atomic mass is 127. The van der Waals surface area contributed by atoms with Gasteiger partial charge in [-0.05, 0) is 11.6 Å². The molecule has 0 aliphatic carbocycles. The molecule has 0 fully saturated rings. The van der Waals surface area contributed by atoms with Crippen LogP contribution in [0.15, 0.2) is 9.98 Å². The average molecular weight is 256 g/mol. The van der Waals surface area contributed by atoms with Crippen LogP contribution < -0.4 is 0 Å². The molecule has 50 valence electrons. The van der Waals surface area contributed by atoms with E-state index < -0.39 is 0 Å². The Morgan fingerprint density at radius 2 is 2.67 bits per heavy atom. The van der Waals surface area contributed by atoms with E-state index in [-0.39, 0.29) is 0 Å². The molecule has 0 saturated heterocycles. The molecule has 0 N–H and O–H groups in total. The summed E-state index contributed by atoms with van der Waals surface area (Å²) in [5.74, 6) is 0.494. The van der Waals surface area contributed by atoms with Gasteiger partial charge >= 0.3 is 0 Å². The van der Waals surface area contributed by atoms with Crippen LogP contribution in [0.1, 0.15) is 0 Å². The highest BCUT2D eigenvalue weighted by Gasteiger charge is 2.06. The van der Waals surface area contributed by atoms with Gasteiger partial charge in [-0.1, -0.05) is 22.6 Å². The molecule has 1 atom stereocenters. The molecule has 1 aliphatic heterocycles. The van der Waals surface area contributed by atoms with E-state index in [1.165, 1.54) is 0 Å².